The normalized spacial score (nSPS) is 23.0. The van der Waals surface area contributed by atoms with E-state index in [0.29, 0.717) is 0 Å². The van der Waals surface area contributed by atoms with Gasteiger partial charge in [-0.05, 0) is 55.9 Å². The number of rotatable bonds is 2. The number of nitrogens with zero attached hydrogens (tertiary/aromatic N) is 1. The van der Waals surface area contributed by atoms with Crippen molar-refractivity contribution in [1.82, 2.24) is 4.90 Å². The van der Waals surface area contributed by atoms with Crippen LogP contribution in [0, 0.1) is 5.92 Å². The minimum Gasteiger partial charge on any atom is -0.384 e. The molecule has 3 heterocycles. The third-order valence-electron chi connectivity index (χ3n) is 4.79. The van der Waals surface area contributed by atoms with Gasteiger partial charge in [-0.15, -0.1) is 0 Å². The molecule has 22 heavy (non-hydrogen) atoms. The lowest BCUT2D eigenvalue weighted by molar-refractivity contribution is 0.111. The standard InChI is InChI=1S/C13H12O.C7H13N/c14-13(11-7-3-1-4-8-11)12-9-5-2-6-10-12;1-4-8-5-2-7(1)3-6-8/h1-10,13-14H;7H,1-6H2. The first kappa shape index (κ1) is 15.3. The summed E-state index contributed by atoms with van der Waals surface area (Å²) in [6.07, 6.45) is 3.94. The predicted octanol–water partition coefficient (Wildman–Crippen LogP) is 3.87. The molecule has 1 N–H and O–H groups in total. The van der Waals surface area contributed by atoms with Gasteiger partial charge in [0.15, 0.2) is 0 Å². The summed E-state index contributed by atoms with van der Waals surface area (Å²) < 4.78 is 0. The molecule has 0 aliphatic carbocycles. The molecule has 2 aromatic rings. The van der Waals surface area contributed by atoms with Gasteiger partial charge in [-0.3, -0.25) is 0 Å². The van der Waals surface area contributed by atoms with E-state index in [2.05, 4.69) is 4.90 Å². The number of fused-ring (bicyclic) bond motifs is 3. The van der Waals surface area contributed by atoms with E-state index in [1.54, 1.807) is 0 Å². The molecule has 2 heteroatoms. The average molecular weight is 295 g/mol. The van der Waals surface area contributed by atoms with Gasteiger partial charge < -0.3 is 10.0 Å². The second-order valence-electron chi connectivity index (χ2n) is 6.30. The van der Waals surface area contributed by atoms with E-state index >= 15 is 0 Å². The van der Waals surface area contributed by atoms with Crippen LogP contribution in [0.1, 0.15) is 36.5 Å². The van der Waals surface area contributed by atoms with Crippen molar-refractivity contribution < 1.29 is 5.11 Å². The van der Waals surface area contributed by atoms with E-state index in [4.69, 9.17) is 0 Å². The summed E-state index contributed by atoms with van der Waals surface area (Å²) in [6, 6.07) is 19.3. The van der Waals surface area contributed by atoms with Crippen molar-refractivity contribution in [2.75, 3.05) is 19.6 Å². The van der Waals surface area contributed by atoms with Crippen molar-refractivity contribution in [3.63, 3.8) is 0 Å². The molecule has 0 spiro atoms. The summed E-state index contributed by atoms with van der Waals surface area (Å²) in [5.74, 6) is 1.11. The lowest BCUT2D eigenvalue weighted by atomic mass is 9.89. The number of hydrogen-bond donors (Lipinski definition) is 1. The van der Waals surface area contributed by atoms with Crippen molar-refractivity contribution in [2.24, 2.45) is 5.92 Å². The Balaban J connectivity index is 0.000000151. The van der Waals surface area contributed by atoms with E-state index < -0.39 is 6.10 Å². The van der Waals surface area contributed by atoms with Gasteiger partial charge in [0.1, 0.15) is 6.10 Å². The molecule has 3 aliphatic rings. The van der Waals surface area contributed by atoms with Crippen LogP contribution in [-0.4, -0.2) is 29.6 Å². The molecule has 0 unspecified atom stereocenters. The highest BCUT2D eigenvalue weighted by Gasteiger charge is 2.24. The molecule has 2 aromatic carbocycles. The second-order valence-corrected chi connectivity index (χ2v) is 6.30. The molecule has 2 bridgehead atoms. The van der Waals surface area contributed by atoms with Gasteiger partial charge in [0.25, 0.3) is 0 Å². The Kier molecular flexibility index (Phi) is 5.25. The highest BCUT2D eigenvalue weighted by atomic mass is 16.3. The van der Waals surface area contributed by atoms with Crippen LogP contribution in [0.5, 0.6) is 0 Å². The van der Waals surface area contributed by atoms with E-state index in [1.165, 1.54) is 38.9 Å². The molecule has 0 radical (unpaired) electrons. The topological polar surface area (TPSA) is 23.5 Å². The Morgan fingerprint density at radius 1 is 0.727 bits per heavy atom. The highest BCUT2D eigenvalue weighted by molar-refractivity contribution is 5.29. The fraction of sp³-hybridized carbons (Fsp3) is 0.400. The number of benzene rings is 2. The monoisotopic (exact) mass is 295 g/mol. The third kappa shape index (κ3) is 3.96. The number of aliphatic hydroxyl groups excluding tert-OH is 1. The SMILES string of the molecule is C1CN2CCC1CC2.OC(c1ccccc1)c1ccccc1. The maximum absolute atomic E-state index is 9.99. The first-order valence-electron chi connectivity index (χ1n) is 8.33. The molecule has 0 atom stereocenters. The Hall–Kier alpha value is -1.64. The quantitative estimate of drug-likeness (QED) is 0.909. The van der Waals surface area contributed by atoms with Crippen molar-refractivity contribution in [3.05, 3.63) is 71.8 Å². The van der Waals surface area contributed by atoms with Gasteiger partial charge in [-0.1, -0.05) is 60.7 Å². The van der Waals surface area contributed by atoms with E-state index in [0.717, 1.165) is 17.0 Å². The maximum atomic E-state index is 9.99. The lowest BCUT2D eigenvalue weighted by Gasteiger charge is -2.38. The van der Waals surface area contributed by atoms with Crippen LogP contribution >= 0.6 is 0 Å². The Labute approximate surface area is 133 Å². The van der Waals surface area contributed by atoms with Crippen LogP contribution in [0.4, 0.5) is 0 Å². The van der Waals surface area contributed by atoms with Crippen molar-refractivity contribution in [2.45, 2.75) is 25.4 Å². The molecule has 5 rings (SSSR count). The fourth-order valence-corrected chi connectivity index (χ4v) is 3.33. The summed E-state index contributed by atoms with van der Waals surface area (Å²) in [4.78, 5) is 2.58. The van der Waals surface area contributed by atoms with Gasteiger partial charge in [-0.25, -0.2) is 0 Å². The predicted molar refractivity (Wildman–Crippen MR) is 90.7 cm³/mol. The minimum atomic E-state index is -0.516. The van der Waals surface area contributed by atoms with Crippen LogP contribution in [-0.2, 0) is 0 Å². The minimum absolute atomic E-state index is 0.516. The summed E-state index contributed by atoms with van der Waals surface area (Å²) in [5.41, 5.74) is 1.86. The number of piperidine rings is 3. The summed E-state index contributed by atoms with van der Waals surface area (Å²) in [6.45, 7) is 4.18. The molecule has 3 aliphatic heterocycles. The van der Waals surface area contributed by atoms with Crippen LogP contribution in [0.15, 0.2) is 60.7 Å². The summed E-state index contributed by atoms with van der Waals surface area (Å²) in [7, 11) is 0. The molecule has 0 saturated carbocycles. The van der Waals surface area contributed by atoms with Crippen LogP contribution in [0.3, 0.4) is 0 Å². The first-order chi connectivity index (χ1) is 10.8. The van der Waals surface area contributed by atoms with Crippen LogP contribution in [0.2, 0.25) is 0 Å². The average Bonchev–Trinajstić information content (AvgIpc) is 2.65. The second kappa shape index (κ2) is 7.57. The Morgan fingerprint density at radius 3 is 1.41 bits per heavy atom. The maximum Gasteiger partial charge on any atom is 0.104 e. The molecule has 2 nitrogen and oxygen atoms in total. The van der Waals surface area contributed by atoms with Crippen molar-refractivity contribution >= 4 is 0 Å². The van der Waals surface area contributed by atoms with E-state index in [-0.39, 0.29) is 0 Å². The zero-order valence-corrected chi connectivity index (χ0v) is 13.1. The summed E-state index contributed by atoms with van der Waals surface area (Å²) >= 11 is 0. The molecule has 0 aromatic heterocycles. The van der Waals surface area contributed by atoms with Crippen LogP contribution in [0.25, 0.3) is 0 Å². The molecular formula is C20H25NO. The zero-order chi connectivity index (χ0) is 15.2. The van der Waals surface area contributed by atoms with Gasteiger partial charge in [0.05, 0.1) is 0 Å². The van der Waals surface area contributed by atoms with Gasteiger partial charge >= 0.3 is 0 Å². The first-order valence-corrected chi connectivity index (χ1v) is 8.33. The third-order valence-corrected chi connectivity index (χ3v) is 4.79. The lowest BCUT2D eigenvalue weighted by Crippen LogP contribution is -2.41. The number of hydrogen-bond acceptors (Lipinski definition) is 2. The van der Waals surface area contributed by atoms with Gasteiger partial charge in [0, 0.05) is 0 Å². The Bertz CT molecular complexity index is 484. The number of aliphatic hydroxyl groups is 1. The van der Waals surface area contributed by atoms with Crippen molar-refractivity contribution in [1.29, 1.82) is 0 Å². The van der Waals surface area contributed by atoms with Crippen molar-refractivity contribution in [3.8, 4) is 0 Å². The van der Waals surface area contributed by atoms with Gasteiger partial charge in [-0.2, -0.15) is 0 Å². The zero-order valence-electron chi connectivity index (χ0n) is 13.1. The van der Waals surface area contributed by atoms with E-state index in [1.807, 2.05) is 60.7 Å². The highest BCUT2D eigenvalue weighted by Crippen LogP contribution is 2.26. The van der Waals surface area contributed by atoms with Crippen LogP contribution < -0.4 is 0 Å². The fourth-order valence-electron chi connectivity index (χ4n) is 3.33. The summed E-state index contributed by atoms with van der Waals surface area (Å²) in [5, 5.41) is 9.99. The molecule has 0 amide bonds. The Morgan fingerprint density at radius 2 is 1.14 bits per heavy atom. The molecule has 116 valence electrons. The van der Waals surface area contributed by atoms with E-state index in [9.17, 15) is 5.11 Å². The smallest absolute Gasteiger partial charge is 0.104 e. The largest absolute Gasteiger partial charge is 0.384 e. The molecule has 3 saturated heterocycles. The molecule has 3 fully saturated rings. The molecular weight excluding hydrogens is 270 g/mol. The van der Waals surface area contributed by atoms with Gasteiger partial charge in [0.2, 0.25) is 0 Å².